The number of hydrogen-bond acceptors (Lipinski definition) is 4. The lowest BCUT2D eigenvalue weighted by Crippen LogP contribution is -2.42. The molecule has 1 heterocycles. The molecule has 1 rings (SSSR count). The Bertz CT molecular complexity index is 258. The van der Waals surface area contributed by atoms with Crippen LogP contribution in [-0.4, -0.2) is 65.1 Å². The van der Waals surface area contributed by atoms with Crippen molar-refractivity contribution in [2.45, 2.75) is 12.5 Å². The maximum Gasteiger partial charge on any atom is 0.327 e. The number of hydrogen-bond donors (Lipinski definition) is 1. The second-order valence-corrected chi connectivity index (χ2v) is 4.77. The minimum Gasteiger partial charge on any atom is -0.480 e. The van der Waals surface area contributed by atoms with Gasteiger partial charge in [-0.25, -0.2) is 4.79 Å². The van der Waals surface area contributed by atoms with E-state index >= 15 is 0 Å². The fourth-order valence-corrected chi connectivity index (χ4v) is 2.53. The summed E-state index contributed by atoms with van der Waals surface area (Å²) in [6.45, 7) is 0.659. The van der Waals surface area contributed by atoms with Gasteiger partial charge in [0, 0.05) is 18.7 Å². The van der Waals surface area contributed by atoms with Crippen LogP contribution >= 0.6 is 11.8 Å². The van der Waals surface area contributed by atoms with Crippen molar-refractivity contribution in [1.82, 2.24) is 9.80 Å². The van der Waals surface area contributed by atoms with E-state index in [1.165, 1.54) is 16.7 Å². The summed E-state index contributed by atoms with van der Waals surface area (Å²) in [5.41, 5.74) is 0. The molecule has 86 valence electrons. The Morgan fingerprint density at radius 1 is 1.53 bits per heavy atom. The summed E-state index contributed by atoms with van der Waals surface area (Å²) in [6, 6.07) is -0.635. The first-order valence-corrected chi connectivity index (χ1v) is 5.92. The molecular weight excluding hydrogens is 216 g/mol. The van der Waals surface area contributed by atoms with E-state index in [2.05, 4.69) is 0 Å². The molecule has 1 aliphatic rings. The standard InChI is InChI=1S/C9H16N2O3S/c1-10(2)4-3-8(12)11-6-15-5-7(11)9(13)14/h7H,3-6H2,1-2H3,(H,13,14)/t7-/m0/s1. The average molecular weight is 232 g/mol. The number of carboxylic acid groups (broad SMARTS) is 1. The Labute approximate surface area is 93.4 Å². The van der Waals surface area contributed by atoms with E-state index in [1.54, 1.807) is 0 Å². The lowest BCUT2D eigenvalue weighted by Gasteiger charge is -2.21. The van der Waals surface area contributed by atoms with Gasteiger partial charge < -0.3 is 14.9 Å². The van der Waals surface area contributed by atoms with Gasteiger partial charge in [-0.3, -0.25) is 4.79 Å². The van der Waals surface area contributed by atoms with Crippen molar-refractivity contribution in [3.63, 3.8) is 0 Å². The number of carbonyl (C=O) groups is 2. The normalized spacial score (nSPS) is 21.0. The van der Waals surface area contributed by atoms with Crippen LogP contribution in [0.5, 0.6) is 0 Å². The fraction of sp³-hybridized carbons (Fsp3) is 0.778. The van der Waals surface area contributed by atoms with Crippen LogP contribution in [0.4, 0.5) is 0 Å². The van der Waals surface area contributed by atoms with Crippen molar-refractivity contribution in [1.29, 1.82) is 0 Å². The molecule has 0 aromatic rings. The average Bonchev–Trinajstić information content (AvgIpc) is 2.62. The number of nitrogens with zero attached hydrogens (tertiary/aromatic N) is 2. The van der Waals surface area contributed by atoms with Crippen molar-refractivity contribution < 1.29 is 14.7 Å². The summed E-state index contributed by atoms with van der Waals surface area (Å²) < 4.78 is 0. The molecule has 0 bridgehead atoms. The van der Waals surface area contributed by atoms with Gasteiger partial charge in [-0.05, 0) is 14.1 Å². The second kappa shape index (κ2) is 5.37. The van der Waals surface area contributed by atoms with Gasteiger partial charge in [0.15, 0.2) is 0 Å². The largest absolute Gasteiger partial charge is 0.480 e. The molecule has 1 saturated heterocycles. The molecule has 0 unspecified atom stereocenters. The predicted molar refractivity (Wildman–Crippen MR) is 58.8 cm³/mol. The Hall–Kier alpha value is -0.750. The molecule has 1 aliphatic heterocycles. The molecule has 1 N–H and O–H groups in total. The highest BCUT2D eigenvalue weighted by Gasteiger charge is 2.33. The van der Waals surface area contributed by atoms with Crippen LogP contribution < -0.4 is 0 Å². The van der Waals surface area contributed by atoms with Crippen molar-refractivity contribution in [2.75, 3.05) is 32.3 Å². The van der Waals surface area contributed by atoms with E-state index in [0.29, 0.717) is 24.6 Å². The van der Waals surface area contributed by atoms with Gasteiger partial charge in [0.1, 0.15) is 6.04 Å². The topological polar surface area (TPSA) is 60.9 Å². The molecular formula is C9H16N2O3S. The van der Waals surface area contributed by atoms with E-state index in [0.717, 1.165) is 0 Å². The first-order valence-electron chi connectivity index (χ1n) is 4.77. The highest BCUT2D eigenvalue weighted by atomic mass is 32.2. The highest BCUT2D eigenvalue weighted by Crippen LogP contribution is 2.21. The summed E-state index contributed by atoms with van der Waals surface area (Å²) in [4.78, 5) is 25.9. The minimum absolute atomic E-state index is 0.0684. The third kappa shape index (κ3) is 3.39. The number of aliphatic carboxylic acids is 1. The predicted octanol–water partition coefficient (Wildman–Crippen LogP) is -0.0758. The molecule has 0 spiro atoms. The smallest absolute Gasteiger partial charge is 0.327 e. The molecule has 0 aromatic heterocycles. The SMILES string of the molecule is CN(C)CCC(=O)N1CSC[C@H]1C(=O)O. The number of carboxylic acids is 1. The number of thioether (sulfide) groups is 1. The van der Waals surface area contributed by atoms with Gasteiger partial charge in [0.25, 0.3) is 0 Å². The van der Waals surface area contributed by atoms with E-state index in [4.69, 9.17) is 5.11 Å². The molecule has 1 amide bonds. The molecule has 1 fully saturated rings. The first kappa shape index (κ1) is 12.3. The van der Waals surface area contributed by atoms with Crippen LogP contribution in [0.2, 0.25) is 0 Å². The molecule has 1 atom stereocenters. The summed E-state index contributed by atoms with van der Waals surface area (Å²) in [5, 5.41) is 8.89. The van der Waals surface area contributed by atoms with Crippen molar-refractivity contribution in [3.05, 3.63) is 0 Å². The zero-order chi connectivity index (χ0) is 11.4. The van der Waals surface area contributed by atoms with Crippen LogP contribution in [0.25, 0.3) is 0 Å². The lowest BCUT2D eigenvalue weighted by atomic mass is 10.2. The summed E-state index contributed by atoms with van der Waals surface area (Å²) in [7, 11) is 3.78. The summed E-state index contributed by atoms with van der Waals surface area (Å²) in [6.07, 6.45) is 0.386. The Balaban J connectivity index is 2.47. The van der Waals surface area contributed by atoms with Gasteiger partial charge >= 0.3 is 5.97 Å². The third-order valence-electron chi connectivity index (χ3n) is 2.26. The van der Waals surface area contributed by atoms with Gasteiger partial charge in [0.2, 0.25) is 5.91 Å². The van der Waals surface area contributed by atoms with Gasteiger partial charge in [-0.1, -0.05) is 0 Å². The van der Waals surface area contributed by atoms with Gasteiger partial charge in [-0.2, -0.15) is 0 Å². The Morgan fingerprint density at radius 2 is 2.20 bits per heavy atom. The second-order valence-electron chi connectivity index (χ2n) is 3.77. The van der Waals surface area contributed by atoms with Crippen molar-refractivity contribution in [2.24, 2.45) is 0 Å². The molecule has 0 aromatic carbocycles. The van der Waals surface area contributed by atoms with E-state index < -0.39 is 12.0 Å². The van der Waals surface area contributed by atoms with Gasteiger partial charge in [-0.15, -0.1) is 11.8 Å². The minimum atomic E-state index is -0.904. The highest BCUT2D eigenvalue weighted by molar-refractivity contribution is 7.99. The third-order valence-corrected chi connectivity index (χ3v) is 3.27. The maximum absolute atomic E-state index is 11.7. The maximum atomic E-state index is 11.7. The van der Waals surface area contributed by atoms with E-state index in [-0.39, 0.29) is 5.91 Å². The monoisotopic (exact) mass is 232 g/mol. The van der Waals surface area contributed by atoms with Crippen molar-refractivity contribution in [3.8, 4) is 0 Å². The van der Waals surface area contributed by atoms with Crippen molar-refractivity contribution >= 4 is 23.6 Å². The zero-order valence-corrected chi connectivity index (χ0v) is 9.79. The van der Waals surface area contributed by atoms with Crippen LogP contribution in [0.15, 0.2) is 0 Å². The number of carbonyl (C=O) groups excluding carboxylic acids is 1. The molecule has 0 aliphatic carbocycles. The molecule has 5 nitrogen and oxygen atoms in total. The number of amides is 1. The molecule has 0 radical (unpaired) electrons. The van der Waals surface area contributed by atoms with Crippen LogP contribution in [0, 0.1) is 0 Å². The van der Waals surface area contributed by atoms with E-state index in [9.17, 15) is 9.59 Å². The lowest BCUT2D eigenvalue weighted by molar-refractivity contribution is -0.147. The molecule has 0 saturated carbocycles. The van der Waals surface area contributed by atoms with Gasteiger partial charge in [0.05, 0.1) is 5.88 Å². The quantitative estimate of drug-likeness (QED) is 0.735. The Morgan fingerprint density at radius 3 is 2.73 bits per heavy atom. The molecule has 6 heteroatoms. The molecule has 15 heavy (non-hydrogen) atoms. The summed E-state index contributed by atoms with van der Waals surface area (Å²) >= 11 is 1.49. The van der Waals surface area contributed by atoms with Crippen LogP contribution in [-0.2, 0) is 9.59 Å². The Kier molecular flexibility index (Phi) is 4.41. The fourth-order valence-electron chi connectivity index (χ4n) is 1.36. The van der Waals surface area contributed by atoms with Crippen LogP contribution in [0.1, 0.15) is 6.42 Å². The van der Waals surface area contributed by atoms with E-state index in [1.807, 2.05) is 19.0 Å². The summed E-state index contributed by atoms with van der Waals surface area (Å²) in [5.74, 6) is 0.0333. The number of rotatable bonds is 4. The first-order chi connectivity index (χ1) is 7.02. The zero-order valence-electron chi connectivity index (χ0n) is 8.97. The van der Waals surface area contributed by atoms with Crippen LogP contribution in [0.3, 0.4) is 0 Å².